The summed E-state index contributed by atoms with van der Waals surface area (Å²) in [5.41, 5.74) is 4.55. The first-order chi connectivity index (χ1) is 10.5. The van der Waals surface area contributed by atoms with Crippen LogP contribution in [0.2, 0.25) is 0 Å². The van der Waals surface area contributed by atoms with Crippen LogP contribution in [0, 0.1) is 6.92 Å². The van der Waals surface area contributed by atoms with Gasteiger partial charge in [0.25, 0.3) is 0 Å². The van der Waals surface area contributed by atoms with Crippen LogP contribution < -0.4 is 10.2 Å². The van der Waals surface area contributed by atoms with Crippen molar-refractivity contribution < 1.29 is 9.59 Å². The van der Waals surface area contributed by atoms with Crippen molar-refractivity contribution in [2.45, 2.75) is 32.1 Å². The second kappa shape index (κ2) is 4.60. The molecule has 4 rings (SSSR count). The Morgan fingerprint density at radius 1 is 1.23 bits per heavy atom. The summed E-state index contributed by atoms with van der Waals surface area (Å²) in [6.45, 7) is 2.46. The molecule has 1 aromatic carbocycles. The van der Waals surface area contributed by atoms with E-state index in [0.717, 1.165) is 11.3 Å². The first kappa shape index (κ1) is 13.4. The standard InChI is InChI=1S/C17H19N3O2/c1-10-7-15-12(13(9-19(15)2)11-3-4-11)8-14(10)20-6-5-16(21)18-17(20)22/h7-9,11H,3-6H2,1-2H3,(H,18,21,22). The number of nitrogens with one attached hydrogen (secondary N) is 1. The molecule has 0 spiro atoms. The van der Waals surface area contributed by atoms with Crippen molar-refractivity contribution in [3.8, 4) is 0 Å². The van der Waals surface area contributed by atoms with Gasteiger partial charge in [-0.25, -0.2) is 4.79 Å². The number of carbonyl (C=O) groups excluding carboxylic acids is 2. The molecule has 1 aromatic heterocycles. The second-order valence-electron chi connectivity index (χ2n) is 6.38. The Morgan fingerprint density at radius 2 is 2.00 bits per heavy atom. The lowest BCUT2D eigenvalue weighted by Gasteiger charge is -2.28. The van der Waals surface area contributed by atoms with Crippen molar-refractivity contribution in [1.29, 1.82) is 0 Å². The summed E-state index contributed by atoms with van der Waals surface area (Å²) in [5.74, 6) is 0.467. The topological polar surface area (TPSA) is 54.3 Å². The van der Waals surface area contributed by atoms with E-state index in [-0.39, 0.29) is 11.9 Å². The van der Waals surface area contributed by atoms with Gasteiger partial charge in [0, 0.05) is 42.8 Å². The molecule has 2 heterocycles. The zero-order chi connectivity index (χ0) is 15.4. The maximum absolute atomic E-state index is 12.1. The van der Waals surface area contributed by atoms with E-state index in [1.165, 1.54) is 29.3 Å². The zero-order valence-electron chi connectivity index (χ0n) is 12.8. The van der Waals surface area contributed by atoms with Gasteiger partial charge >= 0.3 is 6.03 Å². The van der Waals surface area contributed by atoms with E-state index in [2.05, 4.69) is 35.3 Å². The fraction of sp³-hybridized carbons (Fsp3) is 0.412. The molecule has 114 valence electrons. The molecule has 0 unspecified atom stereocenters. The molecule has 1 N–H and O–H groups in total. The van der Waals surface area contributed by atoms with Crippen LogP contribution in [-0.2, 0) is 11.8 Å². The van der Waals surface area contributed by atoms with Gasteiger partial charge in [-0.2, -0.15) is 0 Å². The minimum absolute atomic E-state index is 0.196. The monoisotopic (exact) mass is 297 g/mol. The molecule has 2 aromatic rings. The SMILES string of the molecule is Cc1cc2c(cc1N1CCC(=O)NC1=O)c(C1CC1)cn2C. The fourth-order valence-electron chi connectivity index (χ4n) is 3.36. The molecule has 22 heavy (non-hydrogen) atoms. The number of nitrogens with zero attached hydrogens (tertiary/aromatic N) is 2. The molecule has 2 fully saturated rings. The molecule has 1 saturated carbocycles. The number of aryl methyl sites for hydroxylation is 2. The second-order valence-corrected chi connectivity index (χ2v) is 6.38. The number of anilines is 1. The number of benzene rings is 1. The molecule has 3 amide bonds. The van der Waals surface area contributed by atoms with Gasteiger partial charge in [0.1, 0.15) is 0 Å². The predicted molar refractivity (Wildman–Crippen MR) is 85.1 cm³/mol. The summed E-state index contributed by atoms with van der Waals surface area (Å²) in [6.07, 6.45) is 5.07. The molecule has 1 aliphatic heterocycles. The molecule has 0 atom stereocenters. The highest BCUT2D eigenvalue weighted by molar-refractivity contribution is 6.07. The minimum atomic E-state index is -0.317. The Balaban J connectivity index is 1.84. The first-order valence-electron chi connectivity index (χ1n) is 7.75. The van der Waals surface area contributed by atoms with Crippen LogP contribution in [-0.4, -0.2) is 23.1 Å². The van der Waals surface area contributed by atoms with E-state index in [0.29, 0.717) is 18.9 Å². The Morgan fingerprint density at radius 3 is 2.68 bits per heavy atom. The molecule has 1 saturated heterocycles. The summed E-state index contributed by atoms with van der Waals surface area (Å²) < 4.78 is 2.17. The van der Waals surface area contributed by atoms with Crippen LogP contribution in [0.1, 0.15) is 36.3 Å². The molecule has 1 aliphatic carbocycles. The normalized spacial score (nSPS) is 18.9. The number of fused-ring (bicyclic) bond motifs is 1. The molecular formula is C17H19N3O2. The van der Waals surface area contributed by atoms with E-state index >= 15 is 0 Å². The van der Waals surface area contributed by atoms with Gasteiger partial charge in [-0.05, 0) is 48.9 Å². The lowest BCUT2D eigenvalue weighted by atomic mass is 10.0. The van der Waals surface area contributed by atoms with Gasteiger partial charge < -0.3 is 4.57 Å². The third-order valence-electron chi connectivity index (χ3n) is 4.70. The van der Waals surface area contributed by atoms with Gasteiger partial charge in [-0.3, -0.25) is 15.0 Å². The summed E-state index contributed by atoms with van der Waals surface area (Å²) in [7, 11) is 2.07. The number of rotatable bonds is 2. The molecule has 5 nitrogen and oxygen atoms in total. The first-order valence-corrected chi connectivity index (χ1v) is 7.75. The zero-order valence-corrected chi connectivity index (χ0v) is 12.8. The third kappa shape index (κ3) is 2.00. The van der Waals surface area contributed by atoms with Gasteiger partial charge in [0.15, 0.2) is 0 Å². The lowest BCUT2D eigenvalue weighted by Crippen LogP contribution is -2.49. The lowest BCUT2D eigenvalue weighted by molar-refractivity contribution is -0.120. The Labute approximate surface area is 128 Å². The van der Waals surface area contributed by atoms with E-state index in [9.17, 15) is 9.59 Å². The molecule has 0 radical (unpaired) electrons. The predicted octanol–water partition coefficient (Wildman–Crippen LogP) is 2.81. The number of hydrogen-bond donors (Lipinski definition) is 1. The van der Waals surface area contributed by atoms with Crippen LogP contribution in [0.4, 0.5) is 10.5 Å². The molecule has 2 aliphatic rings. The van der Waals surface area contributed by atoms with Gasteiger partial charge in [-0.15, -0.1) is 0 Å². The number of urea groups is 1. The van der Waals surface area contributed by atoms with E-state index in [1.54, 1.807) is 4.90 Å². The van der Waals surface area contributed by atoms with Crippen LogP contribution in [0.5, 0.6) is 0 Å². The van der Waals surface area contributed by atoms with Gasteiger partial charge in [0.05, 0.1) is 0 Å². The summed E-state index contributed by atoms with van der Waals surface area (Å²) >= 11 is 0. The Hall–Kier alpha value is -2.30. The summed E-state index contributed by atoms with van der Waals surface area (Å²) in [6, 6.07) is 3.94. The highest BCUT2D eigenvalue weighted by Gasteiger charge is 2.29. The van der Waals surface area contributed by atoms with Crippen LogP contribution in [0.25, 0.3) is 10.9 Å². The highest BCUT2D eigenvalue weighted by atomic mass is 16.2. The maximum Gasteiger partial charge on any atom is 0.328 e. The third-order valence-corrected chi connectivity index (χ3v) is 4.70. The van der Waals surface area contributed by atoms with Crippen molar-refractivity contribution in [1.82, 2.24) is 9.88 Å². The van der Waals surface area contributed by atoms with Crippen molar-refractivity contribution in [2.24, 2.45) is 7.05 Å². The van der Waals surface area contributed by atoms with E-state index < -0.39 is 0 Å². The van der Waals surface area contributed by atoms with Gasteiger partial charge in [0.2, 0.25) is 5.91 Å². The van der Waals surface area contributed by atoms with Crippen molar-refractivity contribution in [2.75, 3.05) is 11.4 Å². The van der Waals surface area contributed by atoms with Crippen LogP contribution >= 0.6 is 0 Å². The van der Waals surface area contributed by atoms with Crippen molar-refractivity contribution >= 4 is 28.5 Å². The van der Waals surface area contributed by atoms with Crippen LogP contribution in [0.3, 0.4) is 0 Å². The number of carbonyl (C=O) groups is 2. The largest absolute Gasteiger partial charge is 0.350 e. The summed E-state index contributed by atoms with van der Waals surface area (Å²) in [5, 5.41) is 3.63. The molecular weight excluding hydrogens is 278 g/mol. The molecule has 5 heteroatoms. The average Bonchev–Trinajstić information content (AvgIpc) is 3.25. The van der Waals surface area contributed by atoms with Crippen LogP contribution in [0.15, 0.2) is 18.3 Å². The van der Waals surface area contributed by atoms with E-state index in [1.807, 2.05) is 6.92 Å². The minimum Gasteiger partial charge on any atom is -0.350 e. The number of hydrogen-bond acceptors (Lipinski definition) is 2. The number of aromatic nitrogens is 1. The maximum atomic E-state index is 12.1. The van der Waals surface area contributed by atoms with E-state index in [4.69, 9.17) is 0 Å². The Kier molecular flexibility index (Phi) is 2.79. The van der Waals surface area contributed by atoms with Gasteiger partial charge in [-0.1, -0.05) is 0 Å². The smallest absolute Gasteiger partial charge is 0.328 e. The highest BCUT2D eigenvalue weighted by Crippen LogP contribution is 2.44. The molecule has 0 bridgehead atoms. The quantitative estimate of drug-likeness (QED) is 0.926. The number of amides is 3. The average molecular weight is 297 g/mol. The Bertz CT molecular complexity index is 802. The number of imide groups is 1. The summed E-state index contributed by atoms with van der Waals surface area (Å²) in [4.78, 5) is 25.1. The van der Waals surface area contributed by atoms with Crippen molar-refractivity contribution in [3.63, 3.8) is 0 Å². The fourth-order valence-corrected chi connectivity index (χ4v) is 3.36. The van der Waals surface area contributed by atoms with Crippen molar-refractivity contribution in [3.05, 3.63) is 29.5 Å².